The van der Waals surface area contributed by atoms with E-state index in [9.17, 15) is 22.8 Å². The highest BCUT2D eigenvalue weighted by Gasteiger charge is 2.30. The van der Waals surface area contributed by atoms with E-state index in [0.717, 1.165) is 17.7 Å². The van der Waals surface area contributed by atoms with Crippen LogP contribution in [0.1, 0.15) is 42.4 Å². The second-order valence-electron chi connectivity index (χ2n) is 8.60. The van der Waals surface area contributed by atoms with Crippen molar-refractivity contribution in [1.29, 1.82) is 0 Å². The zero-order valence-corrected chi connectivity index (χ0v) is 18.0. The first-order valence-corrected chi connectivity index (χ1v) is 9.97. The summed E-state index contributed by atoms with van der Waals surface area (Å²) < 4.78 is 40.0. The number of aromatic amines is 1. The molecule has 0 fully saturated rings. The largest absolute Gasteiger partial charge is 0.416 e. The molecule has 2 heterocycles. The molecule has 0 aliphatic heterocycles. The second kappa shape index (κ2) is 7.58. The van der Waals surface area contributed by atoms with Crippen molar-refractivity contribution in [1.82, 2.24) is 19.5 Å². The van der Waals surface area contributed by atoms with E-state index in [1.165, 1.54) is 16.7 Å². The Morgan fingerprint density at radius 3 is 2.03 bits per heavy atom. The van der Waals surface area contributed by atoms with Crippen LogP contribution >= 0.6 is 0 Å². The monoisotopic (exact) mass is 455 g/mol. The molecule has 0 aliphatic carbocycles. The molecular weight excluding hydrogens is 435 g/mol. The number of carbonyl (C=O) groups is 1. The molecular formula is C23H20F3N5O2. The van der Waals surface area contributed by atoms with Gasteiger partial charge < -0.3 is 10.7 Å². The maximum Gasteiger partial charge on any atom is 0.416 e. The number of amides is 1. The average Bonchev–Trinajstić information content (AvgIpc) is 3.07. The number of alkyl halides is 3. The Labute approximate surface area is 186 Å². The highest BCUT2D eigenvalue weighted by molar-refractivity contribution is 6.02. The number of hydrogen-bond donors (Lipinski definition) is 2. The first-order valence-electron chi connectivity index (χ1n) is 9.97. The van der Waals surface area contributed by atoms with E-state index in [2.05, 4.69) is 35.7 Å². The van der Waals surface area contributed by atoms with E-state index in [1.807, 2.05) is 12.1 Å². The maximum absolute atomic E-state index is 12.9. The summed E-state index contributed by atoms with van der Waals surface area (Å²) in [5.41, 5.74) is 5.64. The molecule has 3 N–H and O–H groups in total. The molecule has 1 amide bonds. The van der Waals surface area contributed by atoms with Gasteiger partial charge in [-0.2, -0.15) is 13.2 Å². The van der Waals surface area contributed by atoms with Crippen LogP contribution in [0.3, 0.4) is 0 Å². The minimum Gasteiger partial charge on any atom is -0.364 e. The summed E-state index contributed by atoms with van der Waals surface area (Å²) in [6, 6.07) is 11.4. The lowest BCUT2D eigenvalue weighted by atomic mass is 9.87. The smallest absolute Gasteiger partial charge is 0.364 e. The first kappa shape index (κ1) is 22.3. The van der Waals surface area contributed by atoms with Gasteiger partial charge in [0.15, 0.2) is 17.2 Å². The molecule has 33 heavy (non-hydrogen) atoms. The van der Waals surface area contributed by atoms with Crippen LogP contribution in [0.15, 0.2) is 53.3 Å². The third-order valence-corrected chi connectivity index (χ3v) is 5.23. The Kier molecular flexibility index (Phi) is 5.11. The number of imidazole rings is 1. The molecule has 4 rings (SSSR count). The number of H-pyrrole nitrogens is 1. The maximum atomic E-state index is 12.9. The quantitative estimate of drug-likeness (QED) is 0.483. The summed E-state index contributed by atoms with van der Waals surface area (Å²) >= 11 is 0. The van der Waals surface area contributed by atoms with Crippen LogP contribution in [0.4, 0.5) is 13.2 Å². The van der Waals surface area contributed by atoms with Crippen LogP contribution in [0.2, 0.25) is 0 Å². The van der Waals surface area contributed by atoms with Gasteiger partial charge in [-0.05, 0) is 35.2 Å². The van der Waals surface area contributed by atoms with Crippen molar-refractivity contribution in [2.45, 2.75) is 32.4 Å². The normalized spacial score (nSPS) is 12.3. The minimum atomic E-state index is -4.50. The van der Waals surface area contributed by atoms with E-state index in [1.54, 1.807) is 12.1 Å². The van der Waals surface area contributed by atoms with Gasteiger partial charge in [0.2, 0.25) is 0 Å². The summed E-state index contributed by atoms with van der Waals surface area (Å²) in [6.07, 6.45) is -4.50. The van der Waals surface area contributed by atoms with Crippen LogP contribution < -0.4 is 11.4 Å². The third kappa shape index (κ3) is 4.11. The summed E-state index contributed by atoms with van der Waals surface area (Å²) in [5, 5.41) is 0. The van der Waals surface area contributed by atoms with Gasteiger partial charge in [0, 0.05) is 5.56 Å². The molecule has 170 valence electrons. The summed E-state index contributed by atoms with van der Waals surface area (Å²) in [6.45, 7) is 6.17. The van der Waals surface area contributed by atoms with Crippen molar-refractivity contribution < 1.29 is 18.0 Å². The number of benzene rings is 2. The number of fused-ring (bicyclic) bond motifs is 1. The Bertz CT molecular complexity index is 1410. The number of rotatable bonds is 3. The summed E-state index contributed by atoms with van der Waals surface area (Å²) in [5.74, 6) is -0.948. The Morgan fingerprint density at radius 1 is 0.939 bits per heavy atom. The first-order chi connectivity index (χ1) is 15.4. The zero-order chi connectivity index (χ0) is 24.1. The predicted octanol–water partition coefficient (Wildman–Crippen LogP) is 4.19. The number of hydrogen-bond acceptors (Lipinski definition) is 4. The van der Waals surface area contributed by atoms with E-state index in [4.69, 9.17) is 5.73 Å². The average molecular weight is 455 g/mol. The standard InChI is InChI=1S/C23H20F3N5O2/c1-22(2,3)13-8-10-15(11-9-13)31-20-17(29-21(31)33)16(18(27)32)28-19(30-20)12-4-6-14(7-5-12)23(24,25)26/h4-11H,1-3H3,(H2,27,32)(H,29,33). The van der Waals surface area contributed by atoms with Crippen LogP contribution in [-0.4, -0.2) is 25.4 Å². The van der Waals surface area contributed by atoms with Gasteiger partial charge in [-0.15, -0.1) is 0 Å². The van der Waals surface area contributed by atoms with Gasteiger partial charge in [-0.3, -0.25) is 4.79 Å². The second-order valence-corrected chi connectivity index (χ2v) is 8.60. The van der Waals surface area contributed by atoms with E-state index in [-0.39, 0.29) is 33.7 Å². The topological polar surface area (TPSA) is 107 Å². The predicted molar refractivity (Wildman–Crippen MR) is 117 cm³/mol. The highest BCUT2D eigenvalue weighted by Crippen LogP contribution is 2.31. The molecule has 0 atom stereocenters. The van der Waals surface area contributed by atoms with E-state index < -0.39 is 23.3 Å². The Hall–Kier alpha value is -3.95. The van der Waals surface area contributed by atoms with Crippen LogP contribution in [0.25, 0.3) is 28.2 Å². The fraction of sp³-hybridized carbons (Fsp3) is 0.217. The zero-order valence-electron chi connectivity index (χ0n) is 18.0. The lowest BCUT2D eigenvalue weighted by Gasteiger charge is -2.19. The van der Waals surface area contributed by atoms with Crippen LogP contribution in [0.5, 0.6) is 0 Å². The number of nitrogens with one attached hydrogen (secondary N) is 1. The summed E-state index contributed by atoms with van der Waals surface area (Å²) in [4.78, 5) is 35.9. The molecule has 0 aliphatic rings. The minimum absolute atomic E-state index is 0.0379. The number of nitrogens with two attached hydrogens (primary N) is 1. The molecule has 10 heteroatoms. The molecule has 2 aromatic heterocycles. The van der Waals surface area contributed by atoms with Gasteiger partial charge in [-0.1, -0.05) is 45.0 Å². The van der Waals surface area contributed by atoms with Gasteiger partial charge in [-0.25, -0.2) is 19.3 Å². The fourth-order valence-electron chi connectivity index (χ4n) is 3.45. The van der Waals surface area contributed by atoms with Crippen molar-refractivity contribution >= 4 is 17.1 Å². The van der Waals surface area contributed by atoms with Gasteiger partial charge in [0.05, 0.1) is 11.3 Å². The Balaban J connectivity index is 1.92. The Morgan fingerprint density at radius 2 is 1.52 bits per heavy atom. The molecule has 2 aromatic carbocycles. The van der Waals surface area contributed by atoms with Crippen LogP contribution in [-0.2, 0) is 11.6 Å². The molecule has 0 saturated carbocycles. The molecule has 7 nitrogen and oxygen atoms in total. The molecule has 0 spiro atoms. The van der Waals surface area contributed by atoms with Crippen LogP contribution in [0, 0.1) is 0 Å². The third-order valence-electron chi connectivity index (χ3n) is 5.23. The number of halogens is 3. The van der Waals surface area contributed by atoms with Gasteiger partial charge in [0.1, 0.15) is 5.52 Å². The van der Waals surface area contributed by atoms with Gasteiger partial charge in [0.25, 0.3) is 5.91 Å². The number of nitrogens with zero attached hydrogens (tertiary/aromatic N) is 3. The van der Waals surface area contributed by atoms with Crippen molar-refractivity contribution in [2.75, 3.05) is 0 Å². The van der Waals surface area contributed by atoms with Gasteiger partial charge >= 0.3 is 11.9 Å². The van der Waals surface area contributed by atoms with E-state index >= 15 is 0 Å². The molecule has 0 saturated heterocycles. The van der Waals surface area contributed by atoms with Crippen molar-refractivity contribution in [2.24, 2.45) is 5.73 Å². The number of carbonyl (C=O) groups excluding carboxylic acids is 1. The molecule has 0 bridgehead atoms. The molecule has 0 unspecified atom stereocenters. The van der Waals surface area contributed by atoms with Crippen molar-refractivity contribution in [3.63, 3.8) is 0 Å². The lowest BCUT2D eigenvalue weighted by Crippen LogP contribution is -2.16. The molecule has 0 radical (unpaired) electrons. The van der Waals surface area contributed by atoms with Crippen molar-refractivity contribution in [3.8, 4) is 17.1 Å². The summed E-state index contributed by atoms with van der Waals surface area (Å²) in [7, 11) is 0. The molecule has 4 aromatic rings. The van der Waals surface area contributed by atoms with E-state index in [0.29, 0.717) is 5.69 Å². The number of aromatic nitrogens is 4. The SMILES string of the molecule is CC(C)(C)c1ccc(-n2c(=O)[nH]c3c(C(N)=O)nc(-c4ccc(C(F)(F)F)cc4)nc32)cc1. The number of primary amides is 1. The van der Waals surface area contributed by atoms with Crippen molar-refractivity contribution in [3.05, 3.63) is 75.8 Å². The fourth-order valence-corrected chi connectivity index (χ4v) is 3.45. The highest BCUT2D eigenvalue weighted by atomic mass is 19.4. The lowest BCUT2D eigenvalue weighted by molar-refractivity contribution is -0.137.